The fraction of sp³-hybridized carbons (Fsp3) is 0.571. The average molecular weight is 188 g/mol. The molecule has 1 aliphatic rings. The van der Waals surface area contributed by atoms with E-state index in [9.17, 15) is 0 Å². The Hall–Kier alpha value is -0.780. The first-order valence-electron chi connectivity index (χ1n) is 5.82. The second-order valence-corrected chi connectivity index (χ2v) is 4.92. The predicted octanol–water partition coefficient (Wildman–Crippen LogP) is 4.23. The van der Waals surface area contributed by atoms with E-state index >= 15 is 0 Å². The number of rotatable bonds is 2. The number of hydrogen-bond donors (Lipinski definition) is 0. The van der Waals surface area contributed by atoms with Crippen LogP contribution in [0.15, 0.2) is 30.3 Å². The molecule has 0 amide bonds. The molecule has 0 aromatic heterocycles. The van der Waals surface area contributed by atoms with Gasteiger partial charge in [-0.15, -0.1) is 0 Å². The van der Waals surface area contributed by atoms with E-state index in [0.717, 1.165) is 17.8 Å². The van der Waals surface area contributed by atoms with Crippen LogP contribution in [0.2, 0.25) is 0 Å². The highest BCUT2D eigenvalue weighted by Gasteiger charge is 2.27. The normalized spacial score (nSPS) is 27.1. The first-order chi connectivity index (χ1) is 6.77. The molecule has 0 heterocycles. The Morgan fingerprint density at radius 3 is 2.36 bits per heavy atom. The van der Waals surface area contributed by atoms with Crippen molar-refractivity contribution in [2.45, 2.75) is 39.0 Å². The zero-order chi connectivity index (χ0) is 9.97. The van der Waals surface area contributed by atoms with Crippen LogP contribution in [0.25, 0.3) is 0 Å². The van der Waals surface area contributed by atoms with Gasteiger partial charge in [-0.05, 0) is 42.6 Å². The molecular weight excluding hydrogens is 168 g/mol. The highest BCUT2D eigenvalue weighted by Crippen LogP contribution is 2.41. The molecule has 2 rings (SSSR count). The van der Waals surface area contributed by atoms with Crippen LogP contribution in [0, 0.1) is 11.8 Å². The lowest BCUT2D eigenvalue weighted by molar-refractivity contribution is 0.391. The van der Waals surface area contributed by atoms with Crippen LogP contribution >= 0.6 is 0 Å². The molecule has 2 atom stereocenters. The van der Waals surface area contributed by atoms with Crippen molar-refractivity contribution in [1.82, 2.24) is 0 Å². The van der Waals surface area contributed by atoms with Crippen molar-refractivity contribution in [3.05, 3.63) is 35.9 Å². The molecule has 0 radical (unpaired) electrons. The largest absolute Gasteiger partial charge is 0.0625 e. The fourth-order valence-corrected chi connectivity index (χ4v) is 2.65. The third kappa shape index (κ3) is 2.00. The van der Waals surface area contributed by atoms with Gasteiger partial charge in [0.2, 0.25) is 0 Å². The summed E-state index contributed by atoms with van der Waals surface area (Å²) < 4.78 is 0. The Labute approximate surface area is 87.3 Å². The maximum Gasteiger partial charge on any atom is -0.0159 e. The van der Waals surface area contributed by atoms with E-state index < -0.39 is 0 Å². The summed E-state index contributed by atoms with van der Waals surface area (Å²) in [6, 6.07) is 11.0. The van der Waals surface area contributed by atoms with Gasteiger partial charge in [-0.25, -0.2) is 0 Å². The summed E-state index contributed by atoms with van der Waals surface area (Å²) in [5.74, 6) is 2.66. The van der Waals surface area contributed by atoms with Gasteiger partial charge in [-0.1, -0.05) is 44.2 Å². The Morgan fingerprint density at radius 1 is 1.07 bits per heavy atom. The Morgan fingerprint density at radius 2 is 1.79 bits per heavy atom. The molecule has 0 nitrogen and oxygen atoms in total. The summed E-state index contributed by atoms with van der Waals surface area (Å²) in [7, 11) is 0. The van der Waals surface area contributed by atoms with Crippen molar-refractivity contribution in [3.63, 3.8) is 0 Å². The van der Waals surface area contributed by atoms with Crippen molar-refractivity contribution in [2.75, 3.05) is 0 Å². The lowest BCUT2D eigenvalue weighted by atomic mass is 9.91. The molecule has 1 aromatic carbocycles. The molecule has 0 N–H and O–H groups in total. The van der Waals surface area contributed by atoms with E-state index in [-0.39, 0.29) is 0 Å². The Balaban J connectivity index is 2.03. The van der Waals surface area contributed by atoms with E-state index in [4.69, 9.17) is 0 Å². The van der Waals surface area contributed by atoms with Crippen LogP contribution < -0.4 is 0 Å². The first kappa shape index (κ1) is 9.76. The van der Waals surface area contributed by atoms with E-state index in [1.807, 2.05) is 0 Å². The molecule has 0 aliphatic heterocycles. The second kappa shape index (κ2) is 4.16. The summed E-state index contributed by atoms with van der Waals surface area (Å²) in [4.78, 5) is 0. The minimum atomic E-state index is 0.837. The van der Waals surface area contributed by atoms with Crippen molar-refractivity contribution in [3.8, 4) is 0 Å². The second-order valence-electron chi connectivity index (χ2n) is 4.92. The van der Waals surface area contributed by atoms with Crippen molar-refractivity contribution >= 4 is 0 Å². The summed E-state index contributed by atoms with van der Waals surface area (Å²) in [5, 5.41) is 0. The van der Waals surface area contributed by atoms with E-state index in [0.29, 0.717) is 0 Å². The SMILES string of the molecule is CC(C)C1CC[C@@H](c2ccccc2)C1. The van der Waals surface area contributed by atoms with Gasteiger partial charge in [0.1, 0.15) is 0 Å². The lowest BCUT2D eigenvalue weighted by Gasteiger charge is -2.14. The molecule has 0 bridgehead atoms. The van der Waals surface area contributed by atoms with Gasteiger partial charge < -0.3 is 0 Å². The summed E-state index contributed by atoms with van der Waals surface area (Å²) in [5.41, 5.74) is 1.55. The highest BCUT2D eigenvalue weighted by molar-refractivity contribution is 5.20. The first-order valence-corrected chi connectivity index (χ1v) is 5.82. The monoisotopic (exact) mass is 188 g/mol. The highest BCUT2D eigenvalue weighted by atomic mass is 14.3. The van der Waals surface area contributed by atoms with Gasteiger partial charge >= 0.3 is 0 Å². The van der Waals surface area contributed by atoms with Crippen LogP contribution in [0.5, 0.6) is 0 Å². The molecule has 0 spiro atoms. The van der Waals surface area contributed by atoms with Crippen molar-refractivity contribution in [1.29, 1.82) is 0 Å². The zero-order valence-electron chi connectivity index (χ0n) is 9.24. The van der Waals surface area contributed by atoms with E-state index in [2.05, 4.69) is 44.2 Å². The van der Waals surface area contributed by atoms with Crippen LogP contribution in [0.3, 0.4) is 0 Å². The minimum absolute atomic E-state index is 0.837. The van der Waals surface area contributed by atoms with E-state index in [1.165, 1.54) is 19.3 Å². The van der Waals surface area contributed by atoms with Crippen molar-refractivity contribution < 1.29 is 0 Å². The molecule has 0 saturated heterocycles. The quantitative estimate of drug-likeness (QED) is 0.651. The van der Waals surface area contributed by atoms with Gasteiger partial charge in [0, 0.05) is 0 Å². The molecule has 1 aromatic rings. The Kier molecular flexibility index (Phi) is 2.90. The van der Waals surface area contributed by atoms with Gasteiger partial charge in [-0.3, -0.25) is 0 Å². The topological polar surface area (TPSA) is 0 Å². The van der Waals surface area contributed by atoms with Crippen LogP contribution in [-0.4, -0.2) is 0 Å². The maximum atomic E-state index is 2.36. The van der Waals surface area contributed by atoms with Gasteiger partial charge in [-0.2, -0.15) is 0 Å². The van der Waals surface area contributed by atoms with Gasteiger partial charge in [0.25, 0.3) is 0 Å². The molecule has 0 heteroatoms. The molecule has 1 fully saturated rings. The van der Waals surface area contributed by atoms with E-state index in [1.54, 1.807) is 5.56 Å². The third-order valence-corrected chi connectivity index (χ3v) is 3.69. The molecule has 76 valence electrons. The molecule has 1 aliphatic carbocycles. The maximum absolute atomic E-state index is 2.36. The molecule has 1 saturated carbocycles. The lowest BCUT2D eigenvalue weighted by Crippen LogP contribution is -2.03. The predicted molar refractivity (Wildman–Crippen MR) is 61.4 cm³/mol. The summed E-state index contributed by atoms with van der Waals surface area (Å²) in [6.07, 6.45) is 4.23. The van der Waals surface area contributed by atoms with Crippen LogP contribution in [0.4, 0.5) is 0 Å². The average Bonchev–Trinajstić information content (AvgIpc) is 2.68. The molecule has 14 heavy (non-hydrogen) atoms. The summed E-state index contributed by atoms with van der Waals surface area (Å²) >= 11 is 0. The number of hydrogen-bond acceptors (Lipinski definition) is 0. The van der Waals surface area contributed by atoms with Gasteiger partial charge in [0.15, 0.2) is 0 Å². The fourth-order valence-electron chi connectivity index (χ4n) is 2.65. The zero-order valence-corrected chi connectivity index (χ0v) is 9.24. The number of benzene rings is 1. The molecule has 1 unspecified atom stereocenters. The molecular formula is C14H20. The van der Waals surface area contributed by atoms with Gasteiger partial charge in [0.05, 0.1) is 0 Å². The Bertz CT molecular complexity index is 273. The third-order valence-electron chi connectivity index (χ3n) is 3.69. The van der Waals surface area contributed by atoms with Crippen molar-refractivity contribution in [2.24, 2.45) is 11.8 Å². The van der Waals surface area contributed by atoms with Crippen LogP contribution in [0.1, 0.15) is 44.6 Å². The van der Waals surface area contributed by atoms with Crippen LogP contribution in [-0.2, 0) is 0 Å². The summed E-state index contributed by atoms with van der Waals surface area (Å²) in [6.45, 7) is 4.72. The minimum Gasteiger partial charge on any atom is -0.0625 e. The standard InChI is InChI=1S/C14H20/c1-11(2)13-8-9-14(10-13)12-6-4-3-5-7-12/h3-7,11,13-14H,8-10H2,1-2H3/t13?,14-/m1/s1. The smallest absolute Gasteiger partial charge is 0.0159 e.